The number of halogens is 1. The minimum absolute atomic E-state index is 0.0233. The quantitative estimate of drug-likeness (QED) is 0.638. The fourth-order valence-electron chi connectivity index (χ4n) is 2.41. The second-order valence-electron chi connectivity index (χ2n) is 7.52. The molecule has 138 valence electrons. The SMILES string of the molecule is CC(=O)C[C@@H](C)/C=C/c1cnc(Oc2ccc(C(C)(C)C)cc2Cl)cn1. The topological polar surface area (TPSA) is 52.1 Å². The number of hydrogen-bond acceptors (Lipinski definition) is 4. The van der Waals surface area contributed by atoms with Gasteiger partial charge in [0, 0.05) is 6.42 Å². The van der Waals surface area contributed by atoms with Crippen molar-refractivity contribution in [3.05, 3.63) is 52.9 Å². The highest BCUT2D eigenvalue weighted by atomic mass is 35.5. The highest BCUT2D eigenvalue weighted by Crippen LogP contribution is 2.33. The summed E-state index contributed by atoms with van der Waals surface area (Å²) in [4.78, 5) is 19.7. The Morgan fingerprint density at radius 1 is 1.27 bits per heavy atom. The predicted molar refractivity (Wildman–Crippen MR) is 106 cm³/mol. The summed E-state index contributed by atoms with van der Waals surface area (Å²) in [5, 5.41) is 0.543. The molecule has 26 heavy (non-hydrogen) atoms. The van der Waals surface area contributed by atoms with Gasteiger partial charge in [0.05, 0.1) is 23.1 Å². The van der Waals surface area contributed by atoms with E-state index in [1.807, 2.05) is 37.3 Å². The van der Waals surface area contributed by atoms with Gasteiger partial charge in [0.15, 0.2) is 0 Å². The van der Waals surface area contributed by atoms with E-state index in [1.165, 1.54) is 0 Å². The first-order valence-electron chi connectivity index (χ1n) is 8.62. The van der Waals surface area contributed by atoms with Gasteiger partial charge in [0.1, 0.15) is 11.5 Å². The number of nitrogens with zero attached hydrogens (tertiary/aromatic N) is 2. The van der Waals surface area contributed by atoms with E-state index in [2.05, 4.69) is 30.7 Å². The molecule has 0 unspecified atom stereocenters. The Bertz CT molecular complexity index is 793. The lowest BCUT2D eigenvalue weighted by atomic mass is 9.87. The van der Waals surface area contributed by atoms with Gasteiger partial charge in [-0.15, -0.1) is 0 Å². The van der Waals surface area contributed by atoms with Crippen molar-refractivity contribution < 1.29 is 9.53 Å². The molecule has 0 spiro atoms. The molecule has 0 saturated heterocycles. The van der Waals surface area contributed by atoms with E-state index < -0.39 is 0 Å². The van der Waals surface area contributed by atoms with Gasteiger partial charge in [-0.05, 0) is 42.0 Å². The Labute approximate surface area is 160 Å². The molecule has 0 amide bonds. The van der Waals surface area contributed by atoms with Crippen LogP contribution >= 0.6 is 11.6 Å². The van der Waals surface area contributed by atoms with Crippen LogP contribution < -0.4 is 4.74 Å². The number of carbonyl (C=O) groups excluding carboxylic acids is 1. The molecule has 1 atom stereocenters. The van der Waals surface area contributed by atoms with Crippen LogP contribution in [0.5, 0.6) is 11.6 Å². The van der Waals surface area contributed by atoms with Crippen LogP contribution in [-0.2, 0) is 10.2 Å². The van der Waals surface area contributed by atoms with Crippen LogP contribution in [0.4, 0.5) is 0 Å². The van der Waals surface area contributed by atoms with Crippen LogP contribution in [-0.4, -0.2) is 15.8 Å². The summed E-state index contributed by atoms with van der Waals surface area (Å²) in [5.74, 6) is 1.27. The Kier molecular flexibility index (Phi) is 6.54. The highest BCUT2D eigenvalue weighted by molar-refractivity contribution is 6.32. The van der Waals surface area contributed by atoms with Gasteiger partial charge in [-0.3, -0.25) is 0 Å². The maximum absolute atomic E-state index is 11.1. The molecule has 5 heteroatoms. The molecule has 0 saturated carbocycles. The highest BCUT2D eigenvalue weighted by Gasteiger charge is 2.16. The fourth-order valence-corrected chi connectivity index (χ4v) is 2.63. The third-order valence-electron chi connectivity index (χ3n) is 3.87. The maximum atomic E-state index is 11.1. The third kappa shape index (κ3) is 5.95. The van der Waals surface area contributed by atoms with E-state index in [0.717, 1.165) is 5.56 Å². The molecule has 0 fully saturated rings. The summed E-state index contributed by atoms with van der Waals surface area (Å²) >= 11 is 6.33. The van der Waals surface area contributed by atoms with Crippen molar-refractivity contribution in [1.82, 2.24) is 9.97 Å². The largest absolute Gasteiger partial charge is 0.436 e. The number of ether oxygens (including phenoxy) is 1. The van der Waals surface area contributed by atoms with Crippen molar-refractivity contribution in [2.24, 2.45) is 5.92 Å². The van der Waals surface area contributed by atoms with Crippen LogP contribution in [0.25, 0.3) is 6.08 Å². The van der Waals surface area contributed by atoms with Gasteiger partial charge >= 0.3 is 0 Å². The lowest BCUT2D eigenvalue weighted by Gasteiger charge is -2.19. The Morgan fingerprint density at radius 3 is 2.54 bits per heavy atom. The molecular weight excluding hydrogens is 348 g/mol. The molecule has 0 bridgehead atoms. The minimum Gasteiger partial charge on any atom is -0.436 e. The summed E-state index contributed by atoms with van der Waals surface area (Å²) in [6.45, 7) is 9.98. The average Bonchev–Trinajstić information content (AvgIpc) is 2.54. The van der Waals surface area contributed by atoms with E-state index in [1.54, 1.807) is 19.3 Å². The maximum Gasteiger partial charge on any atom is 0.237 e. The van der Waals surface area contributed by atoms with Crippen molar-refractivity contribution in [3.8, 4) is 11.6 Å². The average molecular weight is 373 g/mol. The molecular formula is C21H25ClN2O2. The third-order valence-corrected chi connectivity index (χ3v) is 4.16. The number of carbonyl (C=O) groups is 1. The monoisotopic (exact) mass is 372 g/mol. The zero-order valence-corrected chi connectivity index (χ0v) is 16.7. The molecule has 0 aliphatic rings. The second kappa shape index (κ2) is 8.45. The molecule has 4 nitrogen and oxygen atoms in total. The molecule has 1 aromatic carbocycles. The molecule has 0 N–H and O–H groups in total. The van der Waals surface area contributed by atoms with Crippen LogP contribution in [0, 0.1) is 5.92 Å². The Balaban J connectivity index is 2.05. The summed E-state index contributed by atoms with van der Waals surface area (Å²) in [6, 6.07) is 5.77. The Hall–Kier alpha value is -2.20. The first-order chi connectivity index (χ1) is 12.1. The minimum atomic E-state index is 0.0233. The molecule has 2 aromatic rings. The molecule has 0 aliphatic heterocycles. The van der Waals surface area contributed by atoms with Gasteiger partial charge in [0.2, 0.25) is 5.88 Å². The lowest BCUT2D eigenvalue weighted by molar-refractivity contribution is -0.117. The second-order valence-corrected chi connectivity index (χ2v) is 7.93. The molecule has 1 heterocycles. The fraction of sp³-hybridized carbons (Fsp3) is 0.381. The van der Waals surface area contributed by atoms with Crippen molar-refractivity contribution in [1.29, 1.82) is 0 Å². The van der Waals surface area contributed by atoms with Crippen molar-refractivity contribution >= 4 is 23.5 Å². The van der Waals surface area contributed by atoms with Gasteiger partial charge in [-0.25, -0.2) is 9.97 Å². The summed E-state index contributed by atoms with van der Waals surface area (Å²) in [6.07, 6.45) is 7.52. The lowest BCUT2D eigenvalue weighted by Crippen LogP contribution is -2.10. The Morgan fingerprint density at radius 2 is 2.00 bits per heavy atom. The molecule has 0 aliphatic carbocycles. The first kappa shape index (κ1) is 20.1. The van der Waals surface area contributed by atoms with Gasteiger partial charge in [-0.2, -0.15) is 0 Å². The number of ketones is 1. The van der Waals surface area contributed by atoms with Gasteiger partial charge < -0.3 is 9.53 Å². The summed E-state index contributed by atoms with van der Waals surface area (Å²) in [7, 11) is 0. The molecule has 0 radical (unpaired) electrons. The smallest absolute Gasteiger partial charge is 0.237 e. The van der Waals surface area contributed by atoms with Gasteiger partial charge in [0.25, 0.3) is 0 Å². The van der Waals surface area contributed by atoms with Crippen molar-refractivity contribution in [3.63, 3.8) is 0 Å². The standard InChI is InChI=1S/C21H25ClN2O2/c1-14(10-15(2)25)6-8-17-12-24-20(13-23-17)26-19-9-7-16(11-18(19)22)21(3,4)5/h6-9,11-14H,10H2,1-5H3/b8-6+/t14-/m0/s1. The molecule has 1 aromatic heterocycles. The van der Waals surface area contributed by atoms with E-state index in [-0.39, 0.29) is 17.1 Å². The van der Waals surface area contributed by atoms with Crippen LogP contribution in [0.1, 0.15) is 52.3 Å². The number of hydrogen-bond donors (Lipinski definition) is 0. The number of aromatic nitrogens is 2. The number of Topliss-reactive ketones (excluding diaryl/α,β-unsaturated/α-hetero) is 1. The number of allylic oxidation sites excluding steroid dienone is 1. The molecule has 2 rings (SSSR count). The van der Waals surface area contributed by atoms with Crippen LogP contribution in [0.15, 0.2) is 36.7 Å². The zero-order valence-electron chi connectivity index (χ0n) is 15.9. The van der Waals surface area contributed by atoms with Crippen molar-refractivity contribution in [2.75, 3.05) is 0 Å². The van der Waals surface area contributed by atoms with Crippen LogP contribution in [0.2, 0.25) is 5.02 Å². The summed E-state index contributed by atoms with van der Waals surface area (Å²) in [5.41, 5.74) is 1.87. The first-order valence-corrected chi connectivity index (χ1v) is 9.00. The van der Waals surface area contributed by atoms with E-state index in [9.17, 15) is 4.79 Å². The number of rotatable bonds is 6. The normalized spacial score (nSPS) is 13.0. The van der Waals surface area contributed by atoms with E-state index in [0.29, 0.717) is 28.8 Å². The summed E-state index contributed by atoms with van der Waals surface area (Å²) < 4.78 is 5.74. The zero-order chi connectivity index (χ0) is 19.3. The number of benzene rings is 1. The van der Waals surface area contributed by atoms with Crippen LogP contribution in [0.3, 0.4) is 0 Å². The van der Waals surface area contributed by atoms with E-state index >= 15 is 0 Å². The van der Waals surface area contributed by atoms with Crippen molar-refractivity contribution in [2.45, 2.75) is 46.5 Å². The predicted octanol–water partition coefficient (Wildman–Crippen LogP) is 5.85. The van der Waals surface area contributed by atoms with Gasteiger partial charge in [-0.1, -0.05) is 51.4 Å². The van der Waals surface area contributed by atoms with E-state index in [4.69, 9.17) is 16.3 Å².